The van der Waals surface area contributed by atoms with Gasteiger partial charge in [0.25, 0.3) is 10.0 Å². The third-order valence-corrected chi connectivity index (χ3v) is 6.11. The predicted octanol–water partition coefficient (Wildman–Crippen LogP) is 5.35. The number of rotatable bonds is 6. The molecule has 3 aromatic rings. The van der Waals surface area contributed by atoms with Gasteiger partial charge in [0.05, 0.1) is 10.6 Å². The maximum absolute atomic E-state index is 13.2. The van der Waals surface area contributed by atoms with Crippen molar-refractivity contribution in [3.05, 3.63) is 94.2 Å². The van der Waals surface area contributed by atoms with Gasteiger partial charge in [-0.25, -0.2) is 12.8 Å². The topological polar surface area (TPSA) is 75.3 Å². The molecular formula is C22H18BrFN2O3S. The van der Waals surface area contributed by atoms with Gasteiger partial charge in [0.1, 0.15) is 5.82 Å². The van der Waals surface area contributed by atoms with Crippen molar-refractivity contribution in [1.82, 2.24) is 0 Å². The molecule has 0 unspecified atom stereocenters. The summed E-state index contributed by atoms with van der Waals surface area (Å²) in [5.74, 6) is -0.869. The first-order chi connectivity index (χ1) is 14.2. The molecule has 3 rings (SSSR count). The molecule has 0 saturated heterocycles. The van der Waals surface area contributed by atoms with Gasteiger partial charge in [-0.05, 0) is 82.5 Å². The Balaban J connectivity index is 1.75. The van der Waals surface area contributed by atoms with Crippen LogP contribution in [0, 0.1) is 12.7 Å². The normalized spacial score (nSPS) is 11.4. The SMILES string of the molecule is Cc1ccc(Br)c(NS(=O)(=O)c2cccc(NC(=O)/C=C/c3cccc(F)c3)c2)c1. The third-order valence-electron chi connectivity index (χ3n) is 4.05. The molecule has 0 aliphatic heterocycles. The predicted molar refractivity (Wildman–Crippen MR) is 120 cm³/mol. The summed E-state index contributed by atoms with van der Waals surface area (Å²) in [6.07, 6.45) is 2.72. The maximum Gasteiger partial charge on any atom is 0.262 e. The van der Waals surface area contributed by atoms with Gasteiger partial charge in [0.15, 0.2) is 0 Å². The van der Waals surface area contributed by atoms with E-state index in [1.54, 1.807) is 30.3 Å². The molecule has 0 saturated carbocycles. The summed E-state index contributed by atoms with van der Waals surface area (Å²) < 4.78 is 41.9. The number of anilines is 2. The van der Waals surface area contributed by atoms with Gasteiger partial charge in [0.2, 0.25) is 5.91 Å². The van der Waals surface area contributed by atoms with Crippen LogP contribution in [0.5, 0.6) is 0 Å². The molecule has 0 spiro atoms. The van der Waals surface area contributed by atoms with Crippen LogP contribution in [0.4, 0.5) is 15.8 Å². The quantitative estimate of drug-likeness (QED) is 0.459. The minimum atomic E-state index is -3.86. The number of benzene rings is 3. The second kappa shape index (κ2) is 9.23. The standard InChI is InChI=1S/C22H18BrFN2O3S/c1-15-8-10-20(23)21(12-15)26-30(28,29)19-7-3-6-18(14-19)25-22(27)11-9-16-4-2-5-17(24)13-16/h2-14,26H,1H3,(H,25,27)/b11-9+. The minimum absolute atomic E-state index is 0.00261. The van der Waals surface area contributed by atoms with Gasteiger partial charge in [-0.2, -0.15) is 0 Å². The molecule has 154 valence electrons. The molecular weight excluding hydrogens is 471 g/mol. The number of carbonyl (C=O) groups is 1. The van der Waals surface area contributed by atoms with Crippen LogP contribution in [-0.4, -0.2) is 14.3 Å². The number of amides is 1. The molecule has 0 heterocycles. The molecule has 0 aliphatic rings. The molecule has 2 N–H and O–H groups in total. The van der Waals surface area contributed by atoms with Crippen LogP contribution in [0.3, 0.4) is 0 Å². The van der Waals surface area contributed by atoms with E-state index in [9.17, 15) is 17.6 Å². The van der Waals surface area contributed by atoms with E-state index in [4.69, 9.17) is 0 Å². The van der Waals surface area contributed by atoms with Crippen LogP contribution >= 0.6 is 15.9 Å². The van der Waals surface area contributed by atoms with Crippen LogP contribution in [0.15, 0.2) is 82.2 Å². The van der Waals surface area contributed by atoms with Crippen molar-refractivity contribution in [2.45, 2.75) is 11.8 Å². The Bertz CT molecular complexity index is 1230. The molecule has 0 radical (unpaired) electrons. The fraction of sp³-hybridized carbons (Fsp3) is 0.0455. The summed E-state index contributed by atoms with van der Waals surface area (Å²) in [4.78, 5) is 12.1. The Morgan fingerprint density at radius 2 is 1.80 bits per heavy atom. The first kappa shape index (κ1) is 21.7. The Morgan fingerprint density at radius 1 is 1.03 bits per heavy atom. The molecule has 0 fully saturated rings. The zero-order chi connectivity index (χ0) is 21.7. The van der Waals surface area contributed by atoms with Gasteiger partial charge in [0, 0.05) is 16.2 Å². The van der Waals surface area contributed by atoms with Gasteiger partial charge in [-0.3, -0.25) is 9.52 Å². The molecule has 30 heavy (non-hydrogen) atoms. The summed E-state index contributed by atoms with van der Waals surface area (Å²) in [6.45, 7) is 1.86. The Morgan fingerprint density at radius 3 is 2.57 bits per heavy atom. The fourth-order valence-electron chi connectivity index (χ4n) is 2.63. The molecule has 5 nitrogen and oxygen atoms in total. The maximum atomic E-state index is 13.2. The van der Waals surface area contributed by atoms with E-state index in [1.807, 2.05) is 13.0 Å². The molecule has 8 heteroatoms. The van der Waals surface area contributed by atoms with Crippen molar-refractivity contribution in [1.29, 1.82) is 0 Å². The number of nitrogens with one attached hydrogen (secondary N) is 2. The lowest BCUT2D eigenvalue weighted by molar-refractivity contribution is -0.111. The van der Waals surface area contributed by atoms with Crippen LogP contribution in [0.1, 0.15) is 11.1 Å². The van der Waals surface area contributed by atoms with Gasteiger partial charge in [-0.15, -0.1) is 0 Å². The van der Waals surface area contributed by atoms with E-state index in [2.05, 4.69) is 26.0 Å². The summed E-state index contributed by atoms with van der Waals surface area (Å²) in [6, 6.07) is 17.1. The first-order valence-corrected chi connectivity index (χ1v) is 11.1. The smallest absolute Gasteiger partial charge is 0.262 e. The summed E-state index contributed by atoms with van der Waals surface area (Å²) in [5.41, 5.74) is 2.17. The van der Waals surface area contributed by atoms with Crippen molar-refractivity contribution >= 4 is 49.3 Å². The largest absolute Gasteiger partial charge is 0.322 e. The number of carbonyl (C=O) groups excluding carboxylic acids is 1. The van der Waals surface area contributed by atoms with Crippen LogP contribution < -0.4 is 10.0 Å². The number of halogens is 2. The highest BCUT2D eigenvalue weighted by Crippen LogP contribution is 2.26. The van der Waals surface area contributed by atoms with E-state index < -0.39 is 21.7 Å². The highest BCUT2D eigenvalue weighted by atomic mass is 79.9. The van der Waals surface area contributed by atoms with Crippen LogP contribution in [-0.2, 0) is 14.8 Å². The molecule has 1 amide bonds. The molecule has 0 aliphatic carbocycles. The fourth-order valence-corrected chi connectivity index (χ4v) is 4.22. The lowest BCUT2D eigenvalue weighted by atomic mass is 10.2. The average molecular weight is 489 g/mol. The minimum Gasteiger partial charge on any atom is -0.322 e. The van der Waals surface area contributed by atoms with E-state index >= 15 is 0 Å². The number of hydrogen-bond acceptors (Lipinski definition) is 3. The summed E-state index contributed by atoms with van der Waals surface area (Å²) in [5, 5.41) is 2.60. The first-order valence-electron chi connectivity index (χ1n) is 8.87. The Hall–Kier alpha value is -2.97. The highest BCUT2D eigenvalue weighted by molar-refractivity contribution is 9.10. The van der Waals surface area contributed by atoms with Crippen molar-refractivity contribution in [2.24, 2.45) is 0 Å². The Labute approximate surface area is 182 Å². The molecule has 0 aromatic heterocycles. The lowest BCUT2D eigenvalue weighted by Crippen LogP contribution is -2.14. The van der Waals surface area contributed by atoms with Crippen molar-refractivity contribution in [3.63, 3.8) is 0 Å². The zero-order valence-corrected chi connectivity index (χ0v) is 18.3. The third kappa shape index (κ3) is 5.77. The summed E-state index contributed by atoms with van der Waals surface area (Å²) >= 11 is 3.33. The average Bonchev–Trinajstić information content (AvgIpc) is 2.69. The van der Waals surface area contributed by atoms with Crippen molar-refractivity contribution < 1.29 is 17.6 Å². The van der Waals surface area contributed by atoms with Crippen LogP contribution in [0.2, 0.25) is 0 Å². The number of hydrogen-bond donors (Lipinski definition) is 2. The van der Waals surface area contributed by atoms with Crippen LogP contribution in [0.25, 0.3) is 6.08 Å². The summed E-state index contributed by atoms with van der Waals surface area (Å²) in [7, 11) is -3.86. The number of aryl methyl sites for hydroxylation is 1. The van der Waals surface area contributed by atoms with E-state index in [-0.39, 0.29) is 4.90 Å². The Kier molecular flexibility index (Phi) is 6.69. The van der Waals surface area contributed by atoms with Gasteiger partial charge >= 0.3 is 0 Å². The molecule has 0 atom stereocenters. The van der Waals surface area contributed by atoms with Gasteiger partial charge < -0.3 is 5.32 Å². The second-order valence-electron chi connectivity index (χ2n) is 6.49. The number of sulfonamides is 1. The van der Waals surface area contributed by atoms with Gasteiger partial charge in [-0.1, -0.05) is 24.3 Å². The molecule has 0 bridgehead atoms. The zero-order valence-electron chi connectivity index (χ0n) is 15.9. The van der Waals surface area contributed by atoms with Crippen molar-refractivity contribution in [3.8, 4) is 0 Å². The van der Waals surface area contributed by atoms with Crippen molar-refractivity contribution in [2.75, 3.05) is 10.0 Å². The molecule has 3 aromatic carbocycles. The highest BCUT2D eigenvalue weighted by Gasteiger charge is 2.16. The van der Waals surface area contributed by atoms with E-state index in [1.165, 1.54) is 42.5 Å². The lowest BCUT2D eigenvalue weighted by Gasteiger charge is -2.11. The monoisotopic (exact) mass is 488 g/mol. The van der Waals surface area contributed by atoms with E-state index in [0.717, 1.165) is 5.56 Å². The second-order valence-corrected chi connectivity index (χ2v) is 9.03. The van der Waals surface area contributed by atoms with E-state index in [0.29, 0.717) is 21.4 Å².